The molecule has 0 unspecified atom stereocenters. The highest BCUT2D eigenvalue weighted by Crippen LogP contribution is 2.21. The van der Waals surface area contributed by atoms with Crippen LogP contribution in [0.2, 0.25) is 5.02 Å². The number of hydrogen-bond acceptors (Lipinski definition) is 1. The molecule has 1 aliphatic heterocycles. The lowest BCUT2D eigenvalue weighted by Gasteiger charge is -2.32. The number of carbonyl (C=O) groups excluding carboxylic acids is 1. The lowest BCUT2D eigenvalue weighted by atomic mass is 10.1. The molecule has 3 rings (SSSR count). The van der Waals surface area contributed by atoms with Crippen molar-refractivity contribution in [3.8, 4) is 0 Å². The van der Waals surface area contributed by atoms with E-state index in [9.17, 15) is 13.6 Å². The maximum Gasteiger partial charge on any atom is 0.255 e. The summed E-state index contributed by atoms with van der Waals surface area (Å²) in [7, 11) is 0. The third-order valence-electron chi connectivity index (χ3n) is 4.61. The summed E-state index contributed by atoms with van der Waals surface area (Å²) in [5, 5.41) is -0.0530. The largest absolute Gasteiger partial charge is 0.332 e. The van der Waals surface area contributed by atoms with E-state index in [-0.39, 0.29) is 16.5 Å². The number of hydrogen-bond donors (Lipinski definition) is 1. The molecule has 0 spiro atoms. The van der Waals surface area contributed by atoms with Gasteiger partial charge < -0.3 is 9.80 Å². The van der Waals surface area contributed by atoms with Crippen molar-refractivity contribution in [3.05, 3.63) is 70.2 Å². The van der Waals surface area contributed by atoms with Crippen LogP contribution in [0, 0.1) is 11.6 Å². The topological polar surface area (TPSA) is 24.8 Å². The van der Waals surface area contributed by atoms with E-state index >= 15 is 0 Å². The molecule has 1 aliphatic rings. The molecule has 1 N–H and O–H groups in total. The number of amides is 1. The van der Waals surface area contributed by atoms with Crippen LogP contribution in [0.5, 0.6) is 0 Å². The first kappa shape index (κ1) is 17.8. The van der Waals surface area contributed by atoms with Gasteiger partial charge in [0.15, 0.2) is 11.6 Å². The minimum absolute atomic E-state index is 0.0216. The third kappa shape index (κ3) is 4.35. The van der Waals surface area contributed by atoms with Gasteiger partial charge in [-0.1, -0.05) is 41.9 Å². The molecule has 2 aromatic rings. The first-order valence-electron chi connectivity index (χ1n) is 8.36. The Hall–Kier alpha value is -1.98. The SMILES string of the molecule is O=C(c1cc(F)c(F)cc1Cl)N1CC[NH+](CCc2ccccc2)CC1. The van der Waals surface area contributed by atoms with Crippen molar-refractivity contribution in [1.29, 1.82) is 0 Å². The van der Waals surface area contributed by atoms with Crippen molar-refractivity contribution >= 4 is 17.5 Å². The molecule has 0 aromatic heterocycles. The molecular formula is C19H20ClF2N2O+. The van der Waals surface area contributed by atoms with E-state index in [4.69, 9.17) is 11.6 Å². The van der Waals surface area contributed by atoms with Crippen LogP contribution in [0.15, 0.2) is 42.5 Å². The van der Waals surface area contributed by atoms with E-state index in [2.05, 4.69) is 12.1 Å². The van der Waals surface area contributed by atoms with Gasteiger partial charge in [-0.3, -0.25) is 4.79 Å². The number of halogens is 3. The molecule has 0 saturated carbocycles. The van der Waals surface area contributed by atoms with E-state index < -0.39 is 11.6 Å². The summed E-state index contributed by atoms with van der Waals surface area (Å²) in [5.74, 6) is -2.44. The Kier molecular flexibility index (Phi) is 5.66. The molecule has 0 aliphatic carbocycles. The summed E-state index contributed by atoms with van der Waals surface area (Å²) >= 11 is 5.90. The Labute approximate surface area is 150 Å². The van der Waals surface area contributed by atoms with Crippen LogP contribution in [0.3, 0.4) is 0 Å². The highest BCUT2D eigenvalue weighted by Gasteiger charge is 2.26. The van der Waals surface area contributed by atoms with Crippen molar-refractivity contribution in [2.24, 2.45) is 0 Å². The molecule has 1 saturated heterocycles. The number of nitrogens with zero attached hydrogens (tertiary/aromatic N) is 1. The second-order valence-corrected chi connectivity index (χ2v) is 6.68. The van der Waals surface area contributed by atoms with Gasteiger partial charge >= 0.3 is 0 Å². The van der Waals surface area contributed by atoms with Gasteiger partial charge in [-0.2, -0.15) is 0 Å². The van der Waals surface area contributed by atoms with E-state index in [1.165, 1.54) is 10.5 Å². The van der Waals surface area contributed by atoms with E-state index in [0.717, 1.165) is 38.2 Å². The summed E-state index contributed by atoms with van der Waals surface area (Å²) in [4.78, 5) is 15.6. The fraction of sp³-hybridized carbons (Fsp3) is 0.316. The Morgan fingerprint density at radius 2 is 1.72 bits per heavy atom. The van der Waals surface area contributed by atoms with Crippen molar-refractivity contribution in [2.75, 3.05) is 32.7 Å². The summed E-state index contributed by atoms with van der Waals surface area (Å²) in [5.41, 5.74) is 1.33. The predicted octanol–water partition coefficient (Wildman–Crippen LogP) is 2.20. The van der Waals surface area contributed by atoms with Gasteiger partial charge in [0.05, 0.1) is 43.3 Å². The zero-order valence-corrected chi connectivity index (χ0v) is 14.5. The minimum Gasteiger partial charge on any atom is -0.332 e. The molecule has 1 heterocycles. The number of quaternary nitrogens is 1. The maximum absolute atomic E-state index is 13.4. The molecule has 25 heavy (non-hydrogen) atoms. The van der Waals surface area contributed by atoms with Crippen molar-refractivity contribution in [1.82, 2.24) is 4.90 Å². The summed E-state index contributed by atoms with van der Waals surface area (Å²) in [6, 6.07) is 12.0. The molecule has 0 atom stereocenters. The molecular weight excluding hydrogens is 346 g/mol. The predicted molar refractivity (Wildman–Crippen MR) is 93.0 cm³/mol. The summed E-state index contributed by atoms with van der Waals surface area (Å²) in [6.07, 6.45) is 0.999. The molecule has 0 bridgehead atoms. The van der Waals surface area contributed by atoms with Crippen LogP contribution >= 0.6 is 11.6 Å². The lowest BCUT2D eigenvalue weighted by molar-refractivity contribution is -0.903. The van der Waals surface area contributed by atoms with Crippen molar-refractivity contribution in [2.45, 2.75) is 6.42 Å². The number of carbonyl (C=O) groups is 1. The van der Waals surface area contributed by atoms with Gasteiger partial charge in [-0.05, 0) is 17.7 Å². The molecule has 1 fully saturated rings. The van der Waals surface area contributed by atoms with Crippen LogP contribution in [0.1, 0.15) is 15.9 Å². The van der Waals surface area contributed by atoms with Crippen LogP contribution in [-0.4, -0.2) is 43.5 Å². The van der Waals surface area contributed by atoms with Crippen LogP contribution in [0.4, 0.5) is 8.78 Å². The molecule has 132 valence electrons. The Morgan fingerprint density at radius 3 is 2.40 bits per heavy atom. The molecule has 2 aromatic carbocycles. The van der Waals surface area contributed by atoms with Gasteiger partial charge in [0.1, 0.15) is 0 Å². The second-order valence-electron chi connectivity index (χ2n) is 6.27. The van der Waals surface area contributed by atoms with Crippen molar-refractivity contribution < 1.29 is 18.5 Å². The van der Waals surface area contributed by atoms with Crippen molar-refractivity contribution in [3.63, 3.8) is 0 Å². The lowest BCUT2D eigenvalue weighted by Crippen LogP contribution is -3.15. The maximum atomic E-state index is 13.4. The van der Waals surface area contributed by atoms with Crippen LogP contribution < -0.4 is 4.90 Å². The average molecular weight is 366 g/mol. The Bertz CT molecular complexity index is 747. The monoisotopic (exact) mass is 365 g/mol. The van der Waals surface area contributed by atoms with Gasteiger partial charge in [-0.15, -0.1) is 0 Å². The van der Waals surface area contributed by atoms with Gasteiger partial charge in [0, 0.05) is 6.42 Å². The highest BCUT2D eigenvalue weighted by atomic mass is 35.5. The quantitative estimate of drug-likeness (QED) is 0.825. The standard InChI is InChI=1S/C19H19ClF2N2O/c20-16-13-18(22)17(21)12-15(16)19(25)24-10-8-23(9-11-24)7-6-14-4-2-1-3-5-14/h1-5,12-13H,6-11H2/p+1. The van der Waals surface area contributed by atoms with Crippen LogP contribution in [-0.2, 0) is 6.42 Å². The zero-order chi connectivity index (χ0) is 17.8. The number of piperazine rings is 1. The van der Waals surface area contributed by atoms with Crippen LogP contribution in [0.25, 0.3) is 0 Å². The second kappa shape index (κ2) is 7.93. The minimum atomic E-state index is -1.06. The Balaban J connectivity index is 1.55. The van der Waals surface area contributed by atoms with Gasteiger partial charge in [0.2, 0.25) is 0 Å². The Morgan fingerprint density at radius 1 is 1.08 bits per heavy atom. The third-order valence-corrected chi connectivity index (χ3v) is 4.92. The summed E-state index contributed by atoms with van der Waals surface area (Å²) < 4.78 is 26.6. The number of benzene rings is 2. The van der Waals surface area contributed by atoms with E-state index in [1.54, 1.807) is 4.90 Å². The zero-order valence-electron chi connectivity index (χ0n) is 13.8. The molecule has 3 nitrogen and oxygen atoms in total. The van der Waals surface area contributed by atoms with Gasteiger partial charge in [-0.25, -0.2) is 8.78 Å². The highest BCUT2D eigenvalue weighted by molar-refractivity contribution is 6.33. The fourth-order valence-corrected chi connectivity index (χ4v) is 3.33. The van der Waals surface area contributed by atoms with Gasteiger partial charge in [0.25, 0.3) is 5.91 Å². The van der Waals surface area contributed by atoms with E-state index in [1.807, 2.05) is 18.2 Å². The number of nitrogens with one attached hydrogen (secondary N) is 1. The number of rotatable bonds is 4. The molecule has 0 radical (unpaired) electrons. The molecule has 1 amide bonds. The smallest absolute Gasteiger partial charge is 0.255 e. The first-order chi connectivity index (χ1) is 12.0. The normalized spacial score (nSPS) is 15.4. The molecule has 6 heteroatoms. The summed E-state index contributed by atoms with van der Waals surface area (Å²) in [6.45, 7) is 3.84. The van der Waals surface area contributed by atoms with E-state index in [0.29, 0.717) is 13.1 Å². The fourth-order valence-electron chi connectivity index (χ4n) is 3.10. The average Bonchev–Trinajstić information content (AvgIpc) is 2.64. The first-order valence-corrected chi connectivity index (χ1v) is 8.73.